The molecule has 5 nitrogen and oxygen atoms in total. The SMILES string of the molecule is COc1cc(CCC(=O)NCCCOc2ccccc2)cc(OC)c1. The van der Waals surface area contributed by atoms with Crippen LogP contribution in [0.4, 0.5) is 0 Å². The number of hydrogen-bond donors (Lipinski definition) is 1. The molecule has 0 radical (unpaired) electrons. The van der Waals surface area contributed by atoms with Crippen LogP contribution in [0, 0.1) is 0 Å². The van der Waals surface area contributed by atoms with Crippen LogP contribution < -0.4 is 19.5 Å². The number of amides is 1. The van der Waals surface area contributed by atoms with Crippen molar-refractivity contribution in [3.63, 3.8) is 0 Å². The second-order valence-corrected chi connectivity index (χ2v) is 5.59. The summed E-state index contributed by atoms with van der Waals surface area (Å²) in [7, 11) is 3.23. The lowest BCUT2D eigenvalue weighted by Crippen LogP contribution is -2.25. The lowest BCUT2D eigenvalue weighted by Gasteiger charge is -2.09. The molecule has 0 aliphatic heterocycles. The highest BCUT2D eigenvalue weighted by atomic mass is 16.5. The molecule has 1 amide bonds. The topological polar surface area (TPSA) is 56.8 Å². The average molecular weight is 343 g/mol. The highest BCUT2D eigenvalue weighted by molar-refractivity contribution is 5.76. The molecule has 2 rings (SSSR count). The first kappa shape index (κ1) is 18.6. The highest BCUT2D eigenvalue weighted by Gasteiger charge is 2.05. The van der Waals surface area contributed by atoms with Crippen LogP contribution in [0.25, 0.3) is 0 Å². The van der Waals surface area contributed by atoms with Gasteiger partial charge in [-0.1, -0.05) is 18.2 Å². The molecule has 0 aromatic heterocycles. The van der Waals surface area contributed by atoms with Gasteiger partial charge in [-0.25, -0.2) is 0 Å². The number of carbonyl (C=O) groups excluding carboxylic acids is 1. The van der Waals surface area contributed by atoms with Gasteiger partial charge in [-0.2, -0.15) is 0 Å². The summed E-state index contributed by atoms with van der Waals surface area (Å²) >= 11 is 0. The van der Waals surface area contributed by atoms with E-state index < -0.39 is 0 Å². The molecule has 0 fully saturated rings. The fourth-order valence-electron chi connectivity index (χ4n) is 2.36. The second kappa shape index (κ2) is 10.2. The minimum Gasteiger partial charge on any atom is -0.497 e. The summed E-state index contributed by atoms with van der Waals surface area (Å²) in [5, 5.41) is 2.91. The molecular weight excluding hydrogens is 318 g/mol. The van der Waals surface area contributed by atoms with E-state index in [1.54, 1.807) is 14.2 Å². The van der Waals surface area contributed by atoms with Gasteiger partial charge in [-0.05, 0) is 42.7 Å². The summed E-state index contributed by atoms with van der Waals surface area (Å²) in [6.07, 6.45) is 1.84. The lowest BCUT2D eigenvalue weighted by molar-refractivity contribution is -0.121. The van der Waals surface area contributed by atoms with Crippen LogP contribution in [0.5, 0.6) is 17.2 Å². The molecule has 0 aliphatic carbocycles. The van der Waals surface area contributed by atoms with E-state index in [-0.39, 0.29) is 5.91 Å². The van der Waals surface area contributed by atoms with Gasteiger partial charge in [0.2, 0.25) is 5.91 Å². The largest absolute Gasteiger partial charge is 0.497 e. The molecule has 0 atom stereocenters. The Morgan fingerprint density at radius 3 is 2.28 bits per heavy atom. The normalized spacial score (nSPS) is 10.2. The van der Waals surface area contributed by atoms with Crippen molar-refractivity contribution in [1.29, 1.82) is 0 Å². The number of carbonyl (C=O) groups is 1. The van der Waals surface area contributed by atoms with E-state index in [1.807, 2.05) is 48.5 Å². The van der Waals surface area contributed by atoms with Gasteiger partial charge < -0.3 is 19.5 Å². The molecule has 2 aromatic rings. The first-order valence-corrected chi connectivity index (χ1v) is 8.38. The third-order valence-corrected chi connectivity index (χ3v) is 3.71. The second-order valence-electron chi connectivity index (χ2n) is 5.59. The molecule has 0 aliphatic rings. The maximum absolute atomic E-state index is 11.9. The van der Waals surface area contributed by atoms with E-state index in [2.05, 4.69) is 5.32 Å². The lowest BCUT2D eigenvalue weighted by atomic mass is 10.1. The monoisotopic (exact) mass is 343 g/mol. The van der Waals surface area contributed by atoms with Crippen molar-refractivity contribution < 1.29 is 19.0 Å². The average Bonchev–Trinajstić information content (AvgIpc) is 2.66. The number of hydrogen-bond acceptors (Lipinski definition) is 4. The van der Waals surface area contributed by atoms with Crippen molar-refractivity contribution in [1.82, 2.24) is 5.32 Å². The Hall–Kier alpha value is -2.69. The smallest absolute Gasteiger partial charge is 0.220 e. The summed E-state index contributed by atoms with van der Waals surface area (Å²) in [5.41, 5.74) is 1.01. The Morgan fingerprint density at radius 1 is 0.960 bits per heavy atom. The van der Waals surface area contributed by atoms with Crippen molar-refractivity contribution in [3.8, 4) is 17.2 Å². The van der Waals surface area contributed by atoms with Gasteiger partial charge in [0.15, 0.2) is 0 Å². The van der Waals surface area contributed by atoms with Crippen LogP contribution in [0.2, 0.25) is 0 Å². The van der Waals surface area contributed by atoms with E-state index in [1.165, 1.54) is 0 Å². The van der Waals surface area contributed by atoms with Gasteiger partial charge in [0.1, 0.15) is 17.2 Å². The number of para-hydroxylation sites is 1. The summed E-state index contributed by atoms with van der Waals surface area (Å²) in [4.78, 5) is 11.9. The minimum atomic E-state index is 0.0292. The molecule has 0 bridgehead atoms. The standard InChI is InChI=1S/C20H25NO4/c1-23-18-13-16(14-19(15-18)24-2)9-10-20(22)21-11-6-12-25-17-7-4-3-5-8-17/h3-5,7-8,13-15H,6,9-12H2,1-2H3,(H,21,22). The molecule has 2 aromatic carbocycles. The number of ether oxygens (including phenoxy) is 3. The molecule has 0 saturated carbocycles. The van der Waals surface area contributed by atoms with Crippen molar-refractivity contribution >= 4 is 5.91 Å². The first-order chi connectivity index (χ1) is 12.2. The van der Waals surface area contributed by atoms with Gasteiger partial charge in [-0.3, -0.25) is 4.79 Å². The number of nitrogens with one attached hydrogen (secondary N) is 1. The summed E-state index contributed by atoms with van der Waals surface area (Å²) in [6.45, 7) is 1.18. The molecule has 0 unspecified atom stereocenters. The van der Waals surface area contributed by atoms with Gasteiger partial charge in [-0.15, -0.1) is 0 Å². The Bertz CT molecular complexity index is 636. The number of rotatable bonds is 10. The predicted molar refractivity (Wildman–Crippen MR) is 97.4 cm³/mol. The molecule has 25 heavy (non-hydrogen) atoms. The van der Waals surface area contributed by atoms with E-state index in [9.17, 15) is 4.79 Å². The fraction of sp³-hybridized carbons (Fsp3) is 0.350. The Kier molecular flexibility index (Phi) is 7.63. The summed E-state index contributed by atoms with van der Waals surface area (Å²) in [5.74, 6) is 2.34. The van der Waals surface area contributed by atoms with Crippen LogP contribution in [-0.2, 0) is 11.2 Å². The minimum absolute atomic E-state index is 0.0292. The third kappa shape index (κ3) is 6.75. The van der Waals surface area contributed by atoms with Gasteiger partial charge >= 0.3 is 0 Å². The molecule has 134 valence electrons. The predicted octanol–water partition coefficient (Wildman–Crippen LogP) is 3.22. The zero-order valence-corrected chi connectivity index (χ0v) is 14.8. The third-order valence-electron chi connectivity index (χ3n) is 3.71. The summed E-state index contributed by atoms with van der Waals surface area (Å²) < 4.78 is 16.1. The molecule has 0 saturated heterocycles. The summed E-state index contributed by atoms with van der Waals surface area (Å²) in [6, 6.07) is 15.3. The molecule has 0 spiro atoms. The van der Waals surface area contributed by atoms with Crippen molar-refractivity contribution in [2.75, 3.05) is 27.4 Å². The van der Waals surface area contributed by atoms with E-state index >= 15 is 0 Å². The van der Waals surface area contributed by atoms with Crippen LogP contribution in [0.15, 0.2) is 48.5 Å². The maximum Gasteiger partial charge on any atom is 0.220 e. The van der Waals surface area contributed by atoms with Crippen LogP contribution in [-0.4, -0.2) is 33.3 Å². The van der Waals surface area contributed by atoms with E-state index in [0.29, 0.717) is 26.0 Å². The van der Waals surface area contributed by atoms with Crippen LogP contribution in [0.3, 0.4) is 0 Å². The fourth-order valence-corrected chi connectivity index (χ4v) is 2.36. The van der Waals surface area contributed by atoms with Gasteiger partial charge in [0.05, 0.1) is 20.8 Å². The Labute approximate surface area is 148 Å². The number of benzene rings is 2. The molecule has 0 heterocycles. The number of aryl methyl sites for hydroxylation is 1. The first-order valence-electron chi connectivity index (χ1n) is 8.38. The van der Waals surface area contributed by atoms with E-state index in [4.69, 9.17) is 14.2 Å². The maximum atomic E-state index is 11.9. The van der Waals surface area contributed by atoms with Crippen molar-refractivity contribution in [2.24, 2.45) is 0 Å². The quantitative estimate of drug-likeness (QED) is 0.673. The Morgan fingerprint density at radius 2 is 1.64 bits per heavy atom. The van der Waals surface area contributed by atoms with Crippen LogP contribution in [0.1, 0.15) is 18.4 Å². The van der Waals surface area contributed by atoms with Gasteiger partial charge in [0.25, 0.3) is 0 Å². The molecule has 1 N–H and O–H groups in total. The van der Waals surface area contributed by atoms with Crippen molar-refractivity contribution in [3.05, 3.63) is 54.1 Å². The zero-order chi connectivity index (χ0) is 17.9. The van der Waals surface area contributed by atoms with E-state index in [0.717, 1.165) is 29.2 Å². The zero-order valence-electron chi connectivity index (χ0n) is 14.8. The van der Waals surface area contributed by atoms with Crippen molar-refractivity contribution in [2.45, 2.75) is 19.3 Å². The molecular formula is C20H25NO4. The van der Waals surface area contributed by atoms with Gasteiger partial charge in [0, 0.05) is 19.0 Å². The highest BCUT2D eigenvalue weighted by Crippen LogP contribution is 2.23. The van der Waals surface area contributed by atoms with Crippen LogP contribution >= 0.6 is 0 Å². The number of methoxy groups -OCH3 is 2. The molecule has 5 heteroatoms. The Balaban J connectivity index is 1.65.